The van der Waals surface area contributed by atoms with Crippen molar-refractivity contribution in [3.63, 3.8) is 0 Å². The molecule has 0 aliphatic heterocycles. The summed E-state index contributed by atoms with van der Waals surface area (Å²) < 4.78 is 26.2. The number of sulfonamides is 1. The maximum atomic E-state index is 12.0. The van der Waals surface area contributed by atoms with Crippen molar-refractivity contribution in [3.05, 3.63) is 52.9 Å². The molecule has 102 valence electrons. The molecule has 6 nitrogen and oxygen atoms in total. The van der Waals surface area contributed by atoms with E-state index in [2.05, 4.69) is 14.7 Å². The van der Waals surface area contributed by atoms with Crippen LogP contribution < -0.4 is 4.72 Å². The van der Waals surface area contributed by atoms with Crippen molar-refractivity contribution >= 4 is 27.4 Å². The van der Waals surface area contributed by atoms with Crippen LogP contribution in [0.3, 0.4) is 0 Å². The quantitative estimate of drug-likeness (QED) is 0.931. The molecule has 0 amide bonds. The third-order valence-corrected chi connectivity index (χ3v) is 3.84. The molecule has 0 spiro atoms. The minimum atomic E-state index is -3.65. The molecule has 0 saturated carbocycles. The number of nitrogens with zero attached hydrogens (tertiary/aromatic N) is 3. The molecule has 0 fully saturated rings. The zero-order chi connectivity index (χ0) is 14.6. The number of aromatic nitrogens is 2. The van der Waals surface area contributed by atoms with Crippen LogP contribution in [0.5, 0.6) is 0 Å². The number of benzene rings is 1. The lowest BCUT2D eigenvalue weighted by Crippen LogP contribution is -2.16. The molecule has 0 unspecified atom stereocenters. The molecule has 0 bridgehead atoms. The molecule has 0 saturated heterocycles. The van der Waals surface area contributed by atoms with Gasteiger partial charge in [-0.2, -0.15) is 5.26 Å². The third kappa shape index (κ3) is 3.66. The van der Waals surface area contributed by atoms with E-state index in [1.807, 2.05) is 6.07 Å². The summed E-state index contributed by atoms with van der Waals surface area (Å²) in [6.45, 7) is 0. The summed E-state index contributed by atoms with van der Waals surface area (Å²) in [6, 6.07) is 8.23. The predicted octanol–water partition coefficient (Wildman–Crippen LogP) is 1.94. The highest BCUT2D eigenvalue weighted by Crippen LogP contribution is 2.17. The predicted molar refractivity (Wildman–Crippen MR) is 74.4 cm³/mol. The third-order valence-electron chi connectivity index (χ3n) is 2.35. The first-order valence-electron chi connectivity index (χ1n) is 5.46. The fourth-order valence-electron chi connectivity index (χ4n) is 1.47. The van der Waals surface area contributed by atoms with Crippen LogP contribution >= 0.6 is 11.6 Å². The molecule has 20 heavy (non-hydrogen) atoms. The molecule has 0 aliphatic rings. The van der Waals surface area contributed by atoms with Gasteiger partial charge in [0.1, 0.15) is 0 Å². The van der Waals surface area contributed by atoms with Crippen molar-refractivity contribution in [3.8, 4) is 6.07 Å². The molecule has 1 heterocycles. The van der Waals surface area contributed by atoms with Gasteiger partial charge in [-0.3, -0.25) is 4.72 Å². The lowest BCUT2D eigenvalue weighted by molar-refractivity contribution is 0.600. The Morgan fingerprint density at radius 2 is 1.85 bits per heavy atom. The van der Waals surface area contributed by atoms with Gasteiger partial charge in [0, 0.05) is 12.4 Å². The van der Waals surface area contributed by atoms with Crippen LogP contribution in [-0.2, 0) is 15.8 Å². The standard InChI is InChI=1S/C12H9ClN4O2S/c13-11-12(16-6-5-15-11)17-20(18,19)8-10-3-1-9(7-14)2-4-10/h1-6H,8H2,(H,16,17). The lowest BCUT2D eigenvalue weighted by atomic mass is 10.2. The Labute approximate surface area is 121 Å². The minimum absolute atomic E-state index is 0.0113. The molecule has 8 heteroatoms. The van der Waals surface area contributed by atoms with Gasteiger partial charge in [0.05, 0.1) is 17.4 Å². The molecular formula is C12H9ClN4O2S. The number of hydrogen-bond donors (Lipinski definition) is 1. The number of rotatable bonds is 4. The normalized spacial score (nSPS) is 10.8. The zero-order valence-electron chi connectivity index (χ0n) is 10.1. The Morgan fingerprint density at radius 1 is 1.20 bits per heavy atom. The summed E-state index contributed by atoms with van der Waals surface area (Å²) >= 11 is 5.74. The van der Waals surface area contributed by atoms with E-state index in [1.54, 1.807) is 24.3 Å². The number of anilines is 1. The van der Waals surface area contributed by atoms with Crippen LogP contribution in [0.2, 0.25) is 5.15 Å². The van der Waals surface area contributed by atoms with Crippen molar-refractivity contribution in [2.75, 3.05) is 4.72 Å². The van der Waals surface area contributed by atoms with E-state index < -0.39 is 10.0 Å². The maximum absolute atomic E-state index is 12.0. The molecule has 2 rings (SSSR count). The Kier molecular flexibility index (Phi) is 4.17. The van der Waals surface area contributed by atoms with Crippen LogP contribution in [0.4, 0.5) is 5.82 Å². The van der Waals surface area contributed by atoms with E-state index in [-0.39, 0.29) is 16.7 Å². The summed E-state index contributed by atoms with van der Waals surface area (Å²) in [4.78, 5) is 7.54. The molecule has 1 aromatic carbocycles. The van der Waals surface area contributed by atoms with Gasteiger partial charge in [0.2, 0.25) is 10.0 Å². The largest absolute Gasteiger partial charge is 0.264 e. The second-order valence-corrected chi connectivity index (χ2v) is 5.95. The first kappa shape index (κ1) is 14.2. The van der Waals surface area contributed by atoms with E-state index >= 15 is 0 Å². The van der Waals surface area contributed by atoms with Gasteiger partial charge >= 0.3 is 0 Å². The fraction of sp³-hybridized carbons (Fsp3) is 0.0833. The van der Waals surface area contributed by atoms with Gasteiger partial charge in [-0.1, -0.05) is 23.7 Å². The number of hydrogen-bond acceptors (Lipinski definition) is 5. The van der Waals surface area contributed by atoms with E-state index in [0.717, 1.165) is 0 Å². The second kappa shape index (κ2) is 5.86. The van der Waals surface area contributed by atoms with Crippen molar-refractivity contribution in [2.45, 2.75) is 5.75 Å². The van der Waals surface area contributed by atoms with Crippen LogP contribution in [-0.4, -0.2) is 18.4 Å². The lowest BCUT2D eigenvalue weighted by Gasteiger charge is -2.07. The van der Waals surface area contributed by atoms with E-state index in [4.69, 9.17) is 16.9 Å². The first-order valence-corrected chi connectivity index (χ1v) is 7.49. The summed E-state index contributed by atoms with van der Waals surface area (Å²) in [6.07, 6.45) is 2.70. The molecule has 2 aromatic rings. The molecule has 0 aliphatic carbocycles. The molecule has 1 N–H and O–H groups in total. The van der Waals surface area contributed by atoms with Gasteiger partial charge in [-0.05, 0) is 17.7 Å². The van der Waals surface area contributed by atoms with Gasteiger partial charge in [0.25, 0.3) is 0 Å². The van der Waals surface area contributed by atoms with E-state index in [1.165, 1.54) is 12.4 Å². The number of nitrogens with one attached hydrogen (secondary N) is 1. The zero-order valence-corrected chi connectivity index (χ0v) is 11.7. The van der Waals surface area contributed by atoms with Crippen molar-refractivity contribution in [2.24, 2.45) is 0 Å². The summed E-state index contributed by atoms with van der Waals surface area (Å²) in [5.74, 6) is -0.256. The highest BCUT2D eigenvalue weighted by Gasteiger charge is 2.14. The van der Waals surface area contributed by atoms with Gasteiger partial charge in [0.15, 0.2) is 11.0 Å². The SMILES string of the molecule is N#Cc1ccc(CS(=O)(=O)Nc2nccnc2Cl)cc1. The van der Waals surface area contributed by atoms with Crippen LogP contribution in [0.25, 0.3) is 0 Å². The average Bonchev–Trinajstić information content (AvgIpc) is 2.41. The van der Waals surface area contributed by atoms with Gasteiger partial charge < -0.3 is 0 Å². The fourth-order valence-corrected chi connectivity index (χ4v) is 2.82. The molecule has 0 radical (unpaired) electrons. The van der Waals surface area contributed by atoms with Crippen LogP contribution in [0.1, 0.15) is 11.1 Å². The summed E-state index contributed by atoms with van der Waals surface area (Å²) in [7, 11) is -3.65. The molecular weight excluding hydrogens is 300 g/mol. The monoisotopic (exact) mass is 308 g/mol. The Bertz CT molecular complexity index is 754. The molecule has 0 atom stereocenters. The molecule has 1 aromatic heterocycles. The van der Waals surface area contributed by atoms with Crippen LogP contribution in [0, 0.1) is 11.3 Å². The number of nitriles is 1. The number of halogens is 1. The van der Waals surface area contributed by atoms with E-state index in [9.17, 15) is 8.42 Å². The smallest absolute Gasteiger partial charge is 0.238 e. The maximum Gasteiger partial charge on any atom is 0.238 e. The second-order valence-electron chi connectivity index (χ2n) is 3.87. The van der Waals surface area contributed by atoms with Crippen molar-refractivity contribution in [1.29, 1.82) is 5.26 Å². The Morgan fingerprint density at radius 3 is 2.45 bits per heavy atom. The van der Waals surface area contributed by atoms with Crippen LogP contribution in [0.15, 0.2) is 36.7 Å². The van der Waals surface area contributed by atoms with E-state index in [0.29, 0.717) is 11.1 Å². The summed E-state index contributed by atoms with van der Waals surface area (Å²) in [5, 5.41) is 8.66. The van der Waals surface area contributed by atoms with Gasteiger partial charge in [-0.15, -0.1) is 0 Å². The Hall–Kier alpha value is -2.17. The average molecular weight is 309 g/mol. The topological polar surface area (TPSA) is 95.7 Å². The summed E-state index contributed by atoms with van der Waals surface area (Å²) in [5.41, 5.74) is 1.02. The minimum Gasteiger partial charge on any atom is -0.264 e. The van der Waals surface area contributed by atoms with Crippen molar-refractivity contribution in [1.82, 2.24) is 9.97 Å². The highest BCUT2D eigenvalue weighted by molar-refractivity contribution is 7.91. The highest BCUT2D eigenvalue weighted by atomic mass is 35.5. The Balaban J connectivity index is 2.15. The van der Waals surface area contributed by atoms with Crippen molar-refractivity contribution < 1.29 is 8.42 Å². The first-order chi connectivity index (χ1) is 9.50. The van der Waals surface area contributed by atoms with Gasteiger partial charge in [-0.25, -0.2) is 18.4 Å².